The topological polar surface area (TPSA) is 73.8 Å². The summed E-state index contributed by atoms with van der Waals surface area (Å²) in [7, 11) is 1.78. The molecule has 1 N–H and O–H groups in total. The molecule has 180 valence electrons. The summed E-state index contributed by atoms with van der Waals surface area (Å²) in [6.45, 7) is 5.43. The minimum absolute atomic E-state index is 0.0196. The summed E-state index contributed by atoms with van der Waals surface area (Å²) >= 11 is 0. The van der Waals surface area contributed by atoms with Gasteiger partial charge in [-0.15, -0.1) is 5.01 Å². The number of benzene rings is 2. The number of rotatable bonds is 4. The van der Waals surface area contributed by atoms with Crippen LogP contribution in [0.4, 0.5) is 28.9 Å². The minimum atomic E-state index is -4.62. The fraction of sp³-hybridized carbons (Fsp3) is 0.391. The number of aliphatic imine (C=N–C) groups is 1. The van der Waals surface area contributed by atoms with Crippen molar-refractivity contribution in [3.8, 4) is 0 Å². The van der Waals surface area contributed by atoms with E-state index in [0.717, 1.165) is 18.2 Å². The van der Waals surface area contributed by atoms with Crippen LogP contribution in [0.2, 0.25) is 0 Å². The van der Waals surface area contributed by atoms with Crippen molar-refractivity contribution < 1.29 is 27.1 Å². The van der Waals surface area contributed by atoms with Crippen LogP contribution in [0.5, 0.6) is 0 Å². The lowest BCUT2D eigenvalue weighted by molar-refractivity contribution is -0.501. The fourth-order valence-electron chi connectivity index (χ4n) is 4.73. The summed E-state index contributed by atoms with van der Waals surface area (Å²) in [6.07, 6.45) is -3.96. The average Bonchev–Trinajstić information content (AvgIpc) is 2.96. The van der Waals surface area contributed by atoms with E-state index in [0.29, 0.717) is 29.9 Å². The Labute approximate surface area is 193 Å². The predicted molar refractivity (Wildman–Crippen MR) is 119 cm³/mol. The Bertz CT molecular complexity index is 1240. The predicted octanol–water partition coefficient (Wildman–Crippen LogP) is 4.78. The van der Waals surface area contributed by atoms with Gasteiger partial charge in [0.25, 0.3) is 5.84 Å². The molecular formula is C23H24F4N5O2+. The minimum Gasteiger partial charge on any atom is -0.275 e. The van der Waals surface area contributed by atoms with E-state index in [4.69, 9.17) is 4.99 Å². The lowest BCUT2D eigenvalue weighted by atomic mass is 9.91. The van der Waals surface area contributed by atoms with Crippen LogP contribution in [-0.4, -0.2) is 45.3 Å². The number of halogens is 4. The fourth-order valence-corrected chi connectivity index (χ4v) is 4.73. The first-order chi connectivity index (χ1) is 16.0. The van der Waals surface area contributed by atoms with Crippen molar-refractivity contribution in [2.45, 2.75) is 52.0 Å². The summed E-state index contributed by atoms with van der Waals surface area (Å²) < 4.78 is 58.4. The maximum Gasteiger partial charge on any atom is 0.416 e. The quantitative estimate of drug-likeness (QED) is 0.297. The maximum absolute atomic E-state index is 15.8. The highest BCUT2D eigenvalue weighted by Crippen LogP contribution is 2.39. The van der Waals surface area contributed by atoms with Crippen molar-refractivity contribution in [3.05, 3.63) is 68.5 Å². The first kappa shape index (κ1) is 23.8. The second-order valence-corrected chi connectivity index (χ2v) is 8.48. The molecule has 0 aromatic heterocycles. The number of hydrazine groups is 1. The van der Waals surface area contributed by atoms with Crippen LogP contribution in [0, 0.1) is 15.9 Å². The third kappa shape index (κ3) is 3.83. The summed E-state index contributed by atoms with van der Waals surface area (Å²) in [4.78, 5) is 15.4. The molecule has 0 aliphatic carbocycles. The molecular weight excluding hydrogens is 454 g/mol. The highest BCUT2D eigenvalue weighted by molar-refractivity contribution is 6.17. The molecule has 34 heavy (non-hydrogen) atoms. The molecule has 2 atom stereocenters. The summed E-state index contributed by atoms with van der Waals surface area (Å²) in [5.41, 5.74) is 2.25. The standard InChI is InChI=1S/C23H23F4N5O2/c1-5-6-14-7-8-15(23(25,26)27)11-16(14)21-19-17(9-10-18(20(19)24)32(33)34)31-13(3)29-30(4)22(31)12(2)28-21/h7-12,22H,5-6H2,1-4H3/p+1. The molecule has 2 unspecified atom stereocenters. The van der Waals surface area contributed by atoms with Gasteiger partial charge in [0.15, 0.2) is 0 Å². The SMILES string of the molecule is CCCc1ccc(C(F)(F)F)cc1C1=NC(C)C2N(C)NC(C)=[N+]2c2ccc([N+](=O)[O-])c(F)c21. The molecule has 0 radical (unpaired) electrons. The highest BCUT2D eigenvalue weighted by Gasteiger charge is 2.45. The second-order valence-electron chi connectivity index (χ2n) is 8.48. The molecule has 0 fully saturated rings. The summed E-state index contributed by atoms with van der Waals surface area (Å²) in [6, 6.07) is 5.32. The Hall–Kier alpha value is -3.34. The van der Waals surface area contributed by atoms with Crippen molar-refractivity contribution in [2.24, 2.45) is 4.99 Å². The number of fused-ring (bicyclic) bond motifs is 3. The van der Waals surface area contributed by atoms with E-state index in [9.17, 15) is 23.3 Å². The van der Waals surface area contributed by atoms with Gasteiger partial charge < -0.3 is 0 Å². The highest BCUT2D eigenvalue weighted by atomic mass is 19.4. The van der Waals surface area contributed by atoms with Gasteiger partial charge in [-0.05, 0) is 37.1 Å². The third-order valence-corrected chi connectivity index (χ3v) is 6.13. The van der Waals surface area contributed by atoms with E-state index in [1.54, 1.807) is 30.5 Å². The van der Waals surface area contributed by atoms with Crippen molar-refractivity contribution in [2.75, 3.05) is 7.05 Å². The van der Waals surface area contributed by atoms with Crippen molar-refractivity contribution in [3.63, 3.8) is 0 Å². The number of hydrogen-bond acceptors (Lipinski definition) is 5. The van der Waals surface area contributed by atoms with E-state index < -0.39 is 40.4 Å². The van der Waals surface area contributed by atoms with Gasteiger partial charge in [-0.1, -0.05) is 19.4 Å². The summed E-state index contributed by atoms with van der Waals surface area (Å²) in [5.74, 6) is -0.487. The number of nitro groups is 1. The van der Waals surface area contributed by atoms with Gasteiger partial charge in [0.05, 0.1) is 21.8 Å². The number of hydrogen-bond donors (Lipinski definition) is 1. The Morgan fingerprint density at radius 1 is 1.26 bits per heavy atom. The monoisotopic (exact) mass is 478 g/mol. The zero-order valence-corrected chi connectivity index (χ0v) is 19.1. The molecule has 11 heteroatoms. The van der Waals surface area contributed by atoms with Crippen LogP contribution in [0.25, 0.3) is 0 Å². The molecule has 0 saturated heterocycles. The molecule has 0 amide bonds. The van der Waals surface area contributed by atoms with Crippen LogP contribution < -0.4 is 5.43 Å². The van der Waals surface area contributed by atoms with Gasteiger partial charge in [0.2, 0.25) is 12.0 Å². The van der Waals surface area contributed by atoms with Crippen molar-refractivity contribution in [1.82, 2.24) is 10.4 Å². The van der Waals surface area contributed by atoms with Crippen molar-refractivity contribution >= 4 is 22.9 Å². The van der Waals surface area contributed by atoms with E-state index in [1.165, 1.54) is 12.1 Å². The first-order valence-electron chi connectivity index (χ1n) is 10.8. The smallest absolute Gasteiger partial charge is 0.275 e. The average molecular weight is 478 g/mol. The molecule has 2 aliphatic rings. The largest absolute Gasteiger partial charge is 0.416 e. The molecule has 0 bridgehead atoms. The van der Waals surface area contributed by atoms with Gasteiger partial charge in [-0.25, -0.2) is 4.58 Å². The van der Waals surface area contributed by atoms with Crippen molar-refractivity contribution in [1.29, 1.82) is 0 Å². The number of nitrogens with one attached hydrogen (secondary N) is 1. The van der Waals surface area contributed by atoms with Crippen LogP contribution in [0.15, 0.2) is 35.3 Å². The molecule has 2 aliphatic heterocycles. The van der Waals surface area contributed by atoms with Gasteiger partial charge in [0, 0.05) is 25.6 Å². The van der Waals surface area contributed by atoms with Gasteiger partial charge in [-0.2, -0.15) is 23.0 Å². The van der Waals surface area contributed by atoms with E-state index >= 15 is 4.39 Å². The van der Waals surface area contributed by atoms with Crippen LogP contribution in [-0.2, 0) is 12.6 Å². The third-order valence-electron chi connectivity index (χ3n) is 6.13. The maximum atomic E-state index is 15.8. The van der Waals surface area contributed by atoms with Gasteiger partial charge >= 0.3 is 11.9 Å². The van der Waals surface area contributed by atoms with Crippen LogP contribution in [0.1, 0.15) is 49.4 Å². The van der Waals surface area contributed by atoms with Crippen LogP contribution in [0.3, 0.4) is 0 Å². The molecule has 7 nitrogen and oxygen atoms in total. The number of nitro benzene ring substituents is 1. The molecule has 2 aromatic rings. The molecule has 2 heterocycles. The molecule has 0 saturated carbocycles. The summed E-state index contributed by atoms with van der Waals surface area (Å²) in [5, 5.41) is 13.3. The number of aryl methyl sites for hydroxylation is 1. The molecule has 4 rings (SSSR count). The van der Waals surface area contributed by atoms with E-state index in [2.05, 4.69) is 5.43 Å². The van der Waals surface area contributed by atoms with Gasteiger partial charge in [0.1, 0.15) is 11.7 Å². The zero-order valence-electron chi connectivity index (χ0n) is 19.1. The lowest BCUT2D eigenvalue weighted by Crippen LogP contribution is -2.44. The number of nitrogens with zero attached hydrogens (tertiary/aromatic N) is 4. The van der Waals surface area contributed by atoms with Crippen LogP contribution >= 0.6 is 0 Å². The molecule has 0 spiro atoms. The Kier molecular flexibility index (Phi) is 5.92. The number of likely N-dealkylation sites (N-methyl/N-ethyl adjacent to an activating group) is 1. The Balaban J connectivity index is 2.10. The first-order valence-corrected chi connectivity index (χ1v) is 10.8. The number of amidine groups is 1. The normalized spacial score (nSPS) is 20.4. The lowest BCUT2D eigenvalue weighted by Gasteiger charge is -2.19. The Morgan fingerprint density at radius 2 is 1.97 bits per heavy atom. The number of alkyl halides is 3. The molecule has 2 aromatic carbocycles. The zero-order chi connectivity index (χ0) is 24.9. The van der Waals surface area contributed by atoms with E-state index in [-0.39, 0.29) is 16.8 Å². The van der Waals surface area contributed by atoms with E-state index in [1.807, 2.05) is 6.92 Å². The Morgan fingerprint density at radius 3 is 2.59 bits per heavy atom. The second kappa shape index (κ2) is 8.46. The van der Waals surface area contributed by atoms with Gasteiger partial charge in [-0.3, -0.25) is 15.1 Å².